The maximum Gasteiger partial charge on any atom is 0.266 e. The Hall–Kier alpha value is -3.05. The molecule has 0 aliphatic carbocycles. The van der Waals surface area contributed by atoms with Gasteiger partial charge in [-0.15, -0.1) is 0 Å². The number of benzene rings is 3. The fraction of sp³-hybridized carbons (Fsp3) is 0.200. The van der Waals surface area contributed by atoms with Crippen LogP contribution in [0.4, 0.5) is 5.69 Å². The van der Waals surface area contributed by atoms with Crippen LogP contribution >= 0.6 is 11.8 Å². The Morgan fingerprint density at radius 3 is 2.37 bits per heavy atom. The number of aliphatic imine (C=N–C) groups is 1. The Balaban J connectivity index is 1.77. The zero-order valence-electron chi connectivity index (χ0n) is 17.5. The number of nitrogens with zero attached hydrogens (tertiary/aromatic N) is 2. The monoisotopic (exact) mass is 416 g/mol. The van der Waals surface area contributed by atoms with E-state index < -0.39 is 0 Å². The summed E-state index contributed by atoms with van der Waals surface area (Å²) >= 11 is 1.42. The summed E-state index contributed by atoms with van der Waals surface area (Å²) in [7, 11) is 1.67. The van der Waals surface area contributed by atoms with E-state index in [1.54, 1.807) is 12.0 Å². The minimum Gasteiger partial charge on any atom is -0.496 e. The minimum atomic E-state index is -0.0132. The molecule has 0 aromatic heterocycles. The highest BCUT2D eigenvalue weighted by Crippen LogP contribution is 2.37. The van der Waals surface area contributed by atoms with Crippen molar-refractivity contribution in [1.29, 1.82) is 0 Å². The van der Waals surface area contributed by atoms with Gasteiger partial charge >= 0.3 is 0 Å². The molecular formula is C25H24N2O2S. The molecule has 0 unspecified atom stereocenters. The molecule has 0 radical (unpaired) electrons. The molecule has 3 aromatic carbocycles. The van der Waals surface area contributed by atoms with Crippen LogP contribution in [-0.4, -0.2) is 29.1 Å². The normalized spacial score (nSPS) is 17.0. The molecule has 0 bridgehead atoms. The highest BCUT2D eigenvalue weighted by molar-refractivity contribution is 8.18. The van der Waals surface area contributed by atoms with Gasteiger partial charge in [-0.2, -0.15) is 0 Å². The van der Waals surface area contributed by atoms with E-state index in [4.69, 9.17) is 9.73 Å². The van der Waals surface area contributed by atoms with E-state index in [0.29, 0.717) is 10.1 Å². The summed E-state index contributed by atoms with van der Waals surface area (Å²) < 4.78 is 5.49. The van der Waals surface area contributed by atoms with Crippen molar-refractivity contribution in [3.05, 3.63) is 76.7 Å². The predicted octanol–water partition coefficient (Wildman–Crippen LogP) is 6.17. The molecule has 0 N–H and O–H groups in total. The molecule has 1 aliphatic heterocycles. The van der Waals surface area contributed by atoms with E-state index in [1.165, 1.54) is 17.3 Å². The molecule has 30 heavy (non-hydrogen) atoms. The summed E-state index contributed by atoms with van der Waals surface area (Å²) in [5, 5.41) is 2.79. The summed E-state index contributed by atoms with van der Waals surface area (Å²) in [4.78, 5) is 20.4. The van der Waals surface area contributed by atoms with Gasteiger partial charge in [0.1, 0.15) is 5.75 Å². The van der Waals surface area contributed by atoms with E-state index in [2.05, 4.69) is 6.07 Å². The van der Waals surface area contributed by atoms with Crippen molar-refractivity contribution in [3.63, 3.8) is 0 Å². The number of thioether (sulfide) groups is 1. The third kappa shape index (κ3) is 3.85. The van der Waals surface area contributed by atoms with Crippen LogP contribution in [0.2, 0.25) is 0 Å². The lowest BCUT2D eigenvalue weighted by molar-refractivity contribution is -0.123. The fourth-order valence-electron chi connectivity index (χ4n) is 3.49. The van der Waals surface area contributed by atoms with Crippen LogP contribution in [0.1, 0.15) is 25.0 Å². The largest absolute Gasteiger partial charge is 0.496 e. The van der Waals surface area contributed by atoms with Gasteiger partial charge in [-0.25, -0.2) is 4.99 Å². The Morgan fingerprint density at radius 2 is 1.70 bits per heavy atom. The zero-order chi connectivity index (χ0) is 21.3. The van der Waals surface area contributed by atoms with Crippen LogP contribution in [0.25, 0.3) is 16.8 Å². The molecule has 1 fully saturated rings. The third-order valence-corrected chi connectivity index (χ3v) is 6.02. The van der Waals surface area contributed by atoms with Crippen molar-refractivity contribution in [2.45, 2.75) is 26.8 Å². The molecular weight excluding hydrogens is 392 g/mol. The second-order valence-electron chi connectivity index (χ2n) is 7.51. The number of aryl methyl sites for hydroxylation is 1. The van der Waals surface area contributed by atoms with Crippen LogP contribution < -0.4 is 4.74 Å². The molecule has 0 atom stereocenters. The van der Waals surface area contributed by atoms with Gasteiger partial charge in [0, 0.05) is 11.4 Å². The average molecular weight is 417 g/mol. The Bertz CT molecular complexity index is 1160. The number of methoxy groups -OCH3 is 1. The summed E-state index contributed by atoms with van der Waals surface area (Å²) in [5.41, 5.74) is 3.02. The highest BCUT2D eigenvalue weighted by atomic mass is 32.2. The van der Waals surface area contributed by atoms with Crippen molar-refractivity contribution in [2.75, 3.05) is 7.11 Å². The van der Waals surface area contributed by atoms with Gasteiger partial charge in [-0.1, -0.05) is 48.0 Å². The molecule has 4 nitrogen and oxygen atoms in total. The van der Waals surface area contributed by atoms with Crippen LogP contribution in [0.15, 0.2) is 70.6 Å². The lowest BCUT2D eigenvalue weighted by atomic mass is 10.0. The number of ether oxygens (including phenoxy) is 1. The minimum absolute atomic E-state index is 0.0132. The second kappa shape index (κ2) is 8.36. The Labute approximate surface area is 181 Å². The maximum absolute atomic E-state index is 13.2. The number of carbonyl (C=O) groups is 1. The Morgan fingerprint density at radius 1 is 1.00 bits per heavy atom. The Kier molecular flexibility index (Phi) is 5.64. The molecule has 1 aliphatic rings. The highest BCUT2D eigenvalue weighted by Gasteiger charge is 2.35. The summed E-state index contributed by atoms with van der Waals surface area (Å²) in [5.74, 6) is 0.810. The van der Waals surface area contributed by atoms with Crippen LogP contribution in [0.5, 0.6) is 5.75 Å². The molecule has 1 saturated heterocycles. The quantitative estimate of drug-likeness (QED) is 0.478. The van der Waals surface area contributed by atoms with Crippen molar-refractivity contribution in [1.82, 2.24) is 4.90 Å². The topological polar surface area (TPSA) is 41.9 Å². The predicted molar refractivity (Wildman–Crippen MR) is 126 cm³/mol. The molecule has 4 rings (SSSR count). The van der Waals surface area contributed by atoms with Crippen LogP contribution in [-0.2, 0) is 4.79 Å². The van der Waals surface area contributed by atoms with Crippen molar-refractivity contribution < 1.29 is 9.53 Å². The number of amides is 1. The summed E-state index contributed by atoms with van der Waals surface area (Å²) in [6.07, 6.45) is 1.96. The molecule has 0 saturated carbocycles. The molecule has 1 amide bonds. The lowest BCUT2D eigenvalue weighted by Crippen LogP contribution is -2.35. The van der Waals surface area contributed by atoms with Crippen LogP contribution in [0.3, 0.4) is 0 Å². The van der Waals surface area contributed by atoms with E-state index in [-0.39, 0.29) is 11.9 Å². The number of hydrogen-bond donors (Lipinski definition) is 0. The first-order valence-corrected chi connectivity index (χ1v) is 10.7. The van der Waals surface area contributed by atoms with E-state index >= 15 is 0 Å². The number of rotatable bonds is 4. The average Bonchev–Trinajstić information content (AvgIpc) is 3.05. The summed E-state index contributed by atoms with van der Waals surface area (Å²) in [6, 6.07) is 20.0. The van der Waals surface area contributed by atoms with Gasteiger partial charge < -0.3 is 4.74 Å². The number of amidine groups is 1. The van der Waals surface area contributed by atoms with Gasteiger partial charge in [0.05, 0.1) is 17.7 Å². The zero-order valence-corrected chi connectivity index (χ0v) is 18.4. The van der Waals surface area contributed by atoms with Crippen molar-refractivity contribution in [2.24, 2.45) is 4.99 Å². The SMILES string of the molecule is COc1ccc(/C=C2/SC(=Nc3ccc(C)cc3)N(C(C)C)C2=O)c2ccccc12. The molecule has 152 valence electrons. The van der Waals surface area contributed by atoms with Gasteiger partial charge in [-0.3, -0.25) is 9.69 Å². The van der Waals surface area contributed by atoms with E-state index in [0.717, 1.165) is 27.8 Å². The van der Waals surface area contributed by atoms with Gasteiger partial charge in [0.25, 0.3) is 5.91 Å². The first-order chi connectivity index (χ1) is 14.5. The number of fused-ring (bicyclic) bond motifs is 1. The van der Waals surface area contributed by atoms with Gasteiger partial charge in [-0.05, 0) is 67.8 Å². The van der Waals surface area contributed by atoms with Crippen LogP contribution in [0, 0.1) is 6.92 Å². The molecule has 5 heteroatoms. The second-order valence-corrected chi connectivity index (χ2v) is 8.52. The first kappa shape index (κ1) is 20.2. The fourth-order valence-corrected chi connectivity index (χ4v) is 4.60. The van der Waals surface area contributed by atoms with Gasteiger partial charge in [0.15, 0.2) is 5.17 Å². The smallest absolute Gasteiger partial charge is 0.266 e. The van der Waals surface area contributed by atoms with Crippen molar-refractivity contribution >= 4 is 45.4 Å². The molecule has 3 aromatic rings. The lowest BCUT2D eigenvalue weighted by Gasteiger charge is -2.19. The standard InChI is InChI=1S/C25H24N2O2S/c1-16(2)27-24(28)23(30-25(27)26-19-12-9-17(3)10-13-19)15-18-11-14-22(29-4)21-8-6-5-7-20(18)21/h5-16H,1-4H3/b23-15+,26-25?. The molecule has 0 spiro atoms. The van der Waals surface area contributed by atoms with Gasteiger partial charge in [0.2, 0.25) is 0 Å². The van der Waals surface area contributed by atoms with E-state index in [1.807, 2.05) is 81.4 Å². The summed E-state index contributed by atoms with van der Waals surface area (Å²) in [6.45, 7) is 6.06. The first-order valence-electron chi connectivity index (χ1n) is 9.92. The third-order valence-electron chi connectivity index (χ3n) is 5.04. The van der Waals surface area contributed by atoms with Crippen molar-refractivity contribution in [3.8, 4) is 5.75 Å². The maximum atomic E-state index is 13.2. The number of hydrogen-bond acceptors (Lipinski definition) is 4. The number of carbonyl (C=O) groups excluding carboxylic acids is 1. The molecule has 1 heterocycles. The van der Waals surface area contributed by atoms with E-state index in [9.17, 15) is 4.79 Å².